The number of likely N-dealkylation sites (N-methyl/N-ethyl adjacent to an activating group) is 1. The quantitative estimate of drug-likeness (QED) is 0.855. The summed E-state index contributed by atoms with van der Waals surface area (Å²) >= 11 is 0. The molecule has 1 heterocycles. The van der Waals surface area contributed by atoms with Crippen molar-refractivity contribution >= 4 is 23.9 Å². The molecule has 0 bridgehead atoms. The molecule has 0 radical (unpaired) electrons. The van der Waals surface area contributed by atoms with Crippen molar-refractivity contribution in [1.82, 2.24) is 4.90 Å². The van der Waals surface area contributed by atoms with E-state index in [-0.39, 0.29) is 18.5 Å². The van der Waals surface area contributed by atoms with Gasteiger partial charge in [0.15, 0.2) is 6.10 Å². The zero-order valence-corrected chi connectivity index (χ0v) is 11.8. The second-order valence-electron chi connectivity index (χ2n) is 4.39. The Morgan fingerprint density at radius 2 is 2.17 bits per heavy atom. The summed E-state index contributed by atoms with van der Waals surface area (Å²) in [5.41, 5.74) is 7.60. The molecule has 1 aliphatic heterocycles. The Labute approximate surface area is 114 Å². The first-order valence-electron chi connectivity index (χ1n) is 5.87. The van der Waals surface area contributed by atoms with Crippen LogP contribution in [0.5, 0.6) is 5.75 Å². The molecule has 4 nitrogen and oxygen atoms in total. The highest BCUT2D eigenvalue weighted by Gasteiger charge is 2.21. The maximum absolute atomic E-state index is 5.93. The van der Waals surface area contributed by atoms with E-state index in [2.05, 4.69) is 9.89 Å². The minimum atomic E-state index is -0.0389. The number of amidine groups is 1. The molecule has 1 aliphatic rings. The fourth-order valence-electron chi connectivity index (χ4n) is 1.99. The van der Waals surface area contributed by atoms with E-state index in [0.29, 0.717) is 0 Å². The molecule has 18 heavy (non-hydrogen) atoms. The van der Waals surface area contributed by atoms with Gasteiger partial charge in [0.25, 0.3) is 0 Å². The SMILES string of the molecule is Cc1c(N)cccc1OC(C)C1=NCCN1C.Cl. The lowest BCUT2D eigenvalue weighted by atomic mass is 10.2. The molecule has 0 aromatic heterocycles. The first-order chi connectivity index (χ1) is 8.09. The average molecular weight is 270 g/mol. The van der Waals surface area contributed by atoms with Crippen molar-refractivity contribution in [1.29, 1.82) is 0 Å². The maximum atomic E-state index is 5.93. The van der Waals surface area contributed by atoms with Gasteiger partial charge >= 0.3 is 0 Å². The first kappa shape index (κ1) is 14.6. The number of nitrogens with zero attached hydrogens (tertiary/aromatic N) is 2. The standard InChI is InChI=1S/C13H19N3O.ClH/c1-9-11(14)5-4-6-12(9)17-10(2)13-15-7-8-16(13)3;/h4-6,10H,7-8,14H2,1-3H3;1H. The fraction of sp³-hybridized carbons (Fsp3) is 0.462. The van der Waals surface area contributed by atoms with E-state index in [1.54, 1.807) is 0 Å². The second-order valence-corrected chi connectivity index (χ2v) is 4.39. The van der Waals surface area contributed by atoms with Crippen LogP contribution in [-0.4, -0.2) is 37.0 Å². The van der Waals surface area contributed by atoms with Crippen LogP contribution in [-0.2, 0) is 0 Å². The molecule has 0 fully saturated rings. The molecule has 1 unspecified atom stereocenters. The van der Waals surface area contributed by atoms with Crippen LogP contribution in [0.1, 0.15) is 12.5 Å². The van der Waals surface area contributed by atoms with Crippen LogP contribution in [0.15, 0.2) is 23.2 Å². The number of nitrogen functional groups attached to an aromatic ring is 1. The summed E-state index contributed by atoms with van der Waals surface area (Å²) in [6, 6.07) is 5.73. The largest absolute Gasteiger partial charge is 0.482 e. The molecule has 1 aromatic carbocycles. The van der Waals surface area contributed by atoms with E-state index in [9.17, 15) is 0 Å². The molecule has 0 aliphatic carbocycles. The monoisotopic (exact) mass is 269 g/mol. The van der Waals surface area contributed by atoms with Crippen LogP contribution >= 0.6 is 12.4 Å². The highest BCUT2D eigenvalue weighted by molar-refractivity contribution is 5.87. The van der Waals surface area contributed by atoms with Crippen molar-refractivity contribution < 1.29 is 4.74 Å². The molecule has 1 aromatic rings. The molecule has 2 N–H and O–H groups in total. The van der Waals surface area contributed by atoms with E-state index in [1.165, 1.54) is 0 Å². The highest BCUT2D eigenvalue weighted by Crippen LogP contribution is 2.24. The van der Waals surface area contributed by atoms with Gasteiger partial charge in [-0.15, -0.1) is 12.4 Å². The van der Waals surface area contributed by atoms with Gasteiger partial charge in [0, 0.05) is 24.8 Å². The van der Waals surface area contributed by atoms with E-state index in [0.717, 1.165) is 35.9 Å². The molecular formula is C13H20ClN3O. The molecule has 5 heteroatoms. The number of benzene rings is 1. The first-order valence-corrected chi connectivity index (χ1v) is 5.87. The molecule has 0 amide bonds. The lowest BCUT2D eigenvalue weighted by Crippen LogP contribution is -2.35. The fourth-order valence-corrected chi connectivity index (χ4v) is 1.99. The van der Waals surface area contributed by atoms with Crippen molar-refractivity contribution in [3.63, 3.8) is 0 Å². The van der Waals surface area contributed by atoms with Gasteiger partial charge in [-0.2, -0.15) is 0 Å². The summed E-state index contributed by atoms with van der Waals surface area (Å²) < 4.78 is 5.93. The number of hydrogen-bond donors (Lipinski definition) is 1. The topological polar surface area (TPSA) is 50.9 Å². The van der Waals surface area contributed by atoms with Gasteiger partial charge in [0.2, 0.25) is 0 Å². The molecule has 1 atom stereocenters. The summed E-state index contributed by atoms with van der Waals surface area (Å²) in [5.74, 6) is 1.84. The van der Waals surface area contributed by atoms with E-state index >= 15 is 0 Å². The number of anilines is 1. The zero-order valence-electron chi connectivity index (χ0n) is 11.0. The van der Waals surface area contributed by atoms with Crippen LogP contribution in [0, 0.1) is 6.92 Å². The predicted octanol–water partition coefficient (Wildman–Crippen LogP) is 2.11. The second kappa shape index (κ2) is 5.96. The number of ether oxygens (including phenoxy) is 1. The summed E-state index contributed by atoms with van der Waals surface area (Å²) in [4.78, 5) is 6.58. The van der Waals surface area contributed by atoms with Crippen molar-refractivity contribution in [3.8, 4) is 5.75 Å². The third-order valence-electron chi connectivity index (χ3n) is 3.09. The molecule has 100 valence electrons. The molecular weight excluding hydrogens is 250 g/mol. The van der Waals surface area contributed by atoms with Crippen LogP contribution in [0.2, 0.25) is 0 Å². The van der Waals surface area contributed by atoms with E-state index in [1.807, 2.05) is 39.1 Å². The Hall–Kier alpha value is -1.42. The summed E-state index contributed by atoms with van der Waals surface area (Å²) in [5, 5.41) is 0. The molecule has 0 spiro atoms. The van der Waals surface area contributed by atoms with Gasteiger partial charge in [-0.05, 0) is 26.0 Å². The van der Waals surface area contributed by atoms with Crippen LogP contribution in [0.3, 0.4) is 0 Å². The summed E-state index contributed by atoms with van der Waals surface area (Å²) in [6.07, 6.45) is -0.0389. The summed E-state index contributed by atoms with van der Waals surface area (Å²) in [6.45, 7) is 5.81. The van der Waals surface area contributed by atoms with Gasteiger partial charge in [0.1, 0.15) is 11.6 Å². The summed E-state index contributed by atoms with van der Waals surface area (Å²) in [7, 11) is 2.04. The Bertz CT molecular complexity index is 448. The van der Waals surface area contributed by atoms with E-state index < -0.39 is 0 Å². The Kier molecular flexibility index (Phi) is 4.84. The predicted molar refractivity (Wildman–Crippen MR) is 77.9 cm³/mol. The van der Waals surface area contributed by atoms with Gasteiger partial charge in [-0.3, -0.25) is 4.99 Å². The van der Waals surface area contributed by atoms with Crippen molar-refractivity contribution in [2.45, 2.75) is 20.0 Å². The number of halogens is 1. The molecule has 0 saturated carbocycles. The molecule has 2 rings (SSSR count). The van der Waals surface area contributed by atoms with Crippen molar-refractivity contribution in [2.75, 3.05) is 25.9 Å². The zero-order chi connectivity index (χ0) is 12.4. The van der Waals surface area contributed by atoms with Crippen LogP contribution in [0.25, 0.3) is 0 Å². The normalized spacial score (nSPS) is 15.9. The lowest BCUT2D eigenvalue weighted by Gasteiger charge is -2.22. The third kappa shape index (κ3) is 2.88. The van der Waals surface area contributed by atoms with Crippen LogP contribution < -0.4 is 10.5 Å². The number of rotatable bonds is 3. The van der Waals surface area contributed by atoms with Crippen molar-refractivity contribution in [2.24, 2.45) is 4.99 Å². The minimum Gasteiger partial charge on any atom is -0.482 e. The highest BCUT2D eigenvalue weighted by atomic mass is 35.5. The Morgan fingerprint density at radius 3 is 2.78 bits per heavy atom. The lowest BCUT2D eigenvalue weighted by molar-refractivity contribution is 0.270. The number of aliphatic imine (C=N–C) groups is 1. The van der Waals surface area contributed by atoms with Gasteiger partial charge in [0.05, 0.1) is 6.54 Å². The van der Waals surface area contributed by atoms with Gasteiger partial charge in [-0.25, -0.2) is 0 Å². The maximum Gasteiger partial charge on any atom is 0.153 e. The Balaban J connectivity index is 0.00000162. The van der Waals surface area contributed by atoms with Gasteiger partial charge in [-0.1, -0.05) is 6.07 Å². The third-order valence-corrected chi connectivity index (χ3v) is 3.09. The van der Waals surface area contributed by atoms with Gasteiger partial charge < -0.3 is 15.4 Å². The van der Waals surface area contributed by atoms with Crippen LogP contribution in [0.4, 0.5) is 5.69 Å². The molecule has 0 saturated heterocycles. The van der Waals surface area contributed by atoms with Crippen molar-refractivity contribution in [3.05, 3.63) is 23.8 Å². The average Bonchev–Trinajstić information content (AvgIpc) is 2.71. The number of nitrogens with two attached hydrogens (primary N) is 1. The smallest absolute Gasteiger partial charge is 0.153 e. The van der Waals surface area contributed by atoms with E-state index in [4.69, 9.17) is 10.5 Å². The number of hydrogen-bond acceptors (Lipinski definition) is 4. The Morgan fingerprint density at radius 1 is 1.44 bits per heavy atom. The minimum absolute atomic E-state index is 0.